The summed E-state index contributed by atoms with van der Waals surface area (Å²) >= 11 is 0. The van der Waals surface area contributed by atoms with Crippen molar-refractivity contribution in [3.8, 4) is 0 Å². The number of aliphatic hydroxyl groups is 1. The van der Waals surface area contributed by atoms with Gasteiger partial charge < -0.3 is 5.11 Å². The number of hydrogen-bond acceptors (Lipinski definition) is 6. The zero-order valence-corrected chi connectivity index (χ0v) is 18.1. The van der Waals surface area contributed by atoms with Gasteiger partial charge in [-0.1, -0.05) is 43.1 Å². The van der Waals surface area contributed by atoms with E-state index in [0.717, 1.165) is 38.4 Å². The number of unbranched alkanes of at least 4 members (excludes halogenated alkanes) is 2. The summed E-state index contributed by atoms with van der Waals surface area (Å²) in [5.41, 5.74) is 1.91. The van der Waals surface area contributed by atoms with E-state index in [1.807, 2.05) is 27.7 Å². The van der Waals surface area contributed by atoms with E-state index < -0.39 is 23.3 Å². The number of hydrogen-bond donors (Lipinski definition) is 1. The van der Waals surface area contributed by atoms with Gasteiger partial charge in [0.2, 0.25) is 11.6 Å². The Morgan fingerprint density at radius 3 is 2.28 bits per heavy atom. The van der Waals surface area contributed by atoms with E-state index in [1.165, 1.54) is 5.57 Å². The summed E-state index contributed by atoms with van der Waals surface area (Å²) in [6, 6.07) is 0. The normalized spacial score (nSPS) is 15.1. The van der Waals surface area contributed by atoms with Gasteiger partial charge in [-0.3, -0.25) is 14.5 Å². The molecular formula is C23H32O6. The van der Waals surface area contributed by atoms with Crippen molar-refractivity contribution in [2.75, 3.05) is 7.11 Å². The first kappa shape index (κ1) is 24.6. The molecule has 6 heteroatoms. The van der Waals surface area contributed by atoms with Gasteiger partial charge in [-0.05, 0) is 52.9 Å². The van der Waals surface area contributed by atoms with Crippen LogP contribution in [0.5, 0.6) is 0 Å². The van der Waals surface area contributed by atoms with Crippen molar-refractivity contribution in [2.24, 2.45) is 0 Å². The van der Waals surface area contributed by atoms with Crippen molar-refractivity contribution in [1.82, 2.24) is 0 Å². The average molecular weight is 405 g/mol. The van der Waals surface area contributed by atoms with Gasteiger partial charge >= 0.3 is 5.97 Å². The van der Waals surface area contributed by atoms with Gasteiger partial charge in [0.1, 0.15) is 11.3 Å². The van der Waals surface area contributed by atoms with Gasteiger partial charge in [-0.25, -0.2) is 4.79 Å². The zero-order valence-electron chi connectivity index (χ0n) is 18.1. The fraction of sp³-hybridized carbons (Fsp3) is 0.522. The van der Waals surface area contributed by atoms with E-state index in [4.69, 9.17) is 0 Å². The number of rotatable bonds is 11. The number of carbonyl (C=O) groups excluding carboxylic acids is 3. The smallest absolute Gasteiger partial charge is 0.377 e. The van der Waals surface area contributed by atoms with Crippen LogP contribution < -0.4 is 0 Å². The molecule has 1 aliphatic rings. The highest BCUT2D eigenvalue weighted by atomic mass is 17.2. The molecule has 0 amide bonds. The third-order valence-electron chi connectivity index (χ3n) is 4.72. The van der Waals surface area contributed by atoms with Crippen molar-refractivity contribution in [3.05, 3.63) is 45.8 Å². The lowest BCUT2D eigenvalue weighted by molar-refractivity contribution is -0.250. The molecule has 0 atom stereocenters. The van der Waals surface area contributed by atoms with Gasteiger partial charge in [0.25, 0.3) is 0 Å². The number of aliphatic hydroxyl groups excluding tert-OH is 1. The third-order valence-corrected chi connectivity index (χ3v) is 4.72. The van der Waals surface area contributed by atoms with Gasteiger partial charge in [-0.2, -0.15) is 4.89 Å². The highest BCUT2D eigenvalue weighted by Gasteiger charge is 2.38. The molecular weight excluding hydrogens is 372 g/mol. The lowest BCUT2D eigenvalue weighted by atomic mass is 9.84. The van der Waals surface area contributed by atoms with E-state index in [2.05, 4.69) is 15.9 Å². The van der Waals surface area contributed by atoms with Gasteiger partial charge in [0.15, 0.2) is 0 Å². The molecule has 1 N–H and O–H groups in total. The molecule has 0 aliphatic heterocycles. The summed E-state index contributed by atoms with van der Waals surface area (Å²) < 4.78 is 0. The molecule has 1 rings (SSSR count). The second kappa shape index (κ2) is 12.2. The van der Waals surface area contributed by atoms with Crippen molar-refractivity contribution in [1.29, 1.82) is 0 Å². The second-order valence-electron chi connectivity index (χ2n) is 7.41. The Hall–Kier alpha value is -2.47. The molecule has 0 radical (unpaired) electrons. The lowest BCUT2D eigenvalue weighted by Crippen LogP contribution is -2.29. The Kier molecular flexibility index (Phi) is 10.3. The summed E-state index contributed by atoms with van der Waals surface area (Å²) in [4.78, 5) is 46.5. The lowest BCUT2D eigenvalue weighted by Gasteiger charge is -2.19. The Morgan fingerprint density at radius 1 is 1.03 bits per heavy atom. The number of Topliss-reactive ketones (excluding diaryl/α,β-unsaturated/α-hetero) is 2. The maximum absolute atomic E-state index is 12.7. The summed E-state index contributed by atoms with van der Waals surface area (Å²) in [6.07, 6.45) is 8.27. The SMILES string of the molecule is CCCCCC1=C(C(=O)OOC)C(O)=C(C/C=C(\C)CCC=C(C)C)C(=O)C1=O. The van der Waals surface area contributed by atoms with Crippen LogP contribution in [0.3, 0.4) is 0 Å². The standard InChI is InChI=1S/C23H32O6/c1-6-7-8-12-17-19(23(27)29-28-5)20(24)18(22(26)21(17)25)14-13-16(4)11-9-10-15(2)3/h10,13,24H,6-9,11-12,14H2,1-5H3/b16-13+. The van der Waals surface area contributed by atoms with Crippen molar-refractivity contribution in [2.45, 2.75) is 72.6 Å². The van der Waals surface area contributed by atoms with E-state index in [1.54, 1.807) is 6.08 Å². The monoisotopic (exact) mass is 404 g/mol. The highest BCUT2D eigenvalue weighted by molar-refractivity contribution is 6.51. The minimum absolute atomic E-state index is 0.00369. The topological polar surface area (TPSA) is 89.9 Å². The predicted molar refractivity (Wildman–Crippen MR) is 111 cm³/mol. The van der Waals surface area contributed by atoms with Crippen LogP contribution >= 0.6 is 0 Å². The first-order valence-electron chi connectivity index (χ1n) is 10.0. The number of carbonyl (C=O) groups is 3. The molecule has 1 aliphatic carbocycles. The summed E-state index contributed by atoms with van der Waals surface area (Å²) in [6.45, 7) is 7.99. The fourth-order valence-electron chi connectivity index (χ4n) is 3.07. The molecule has 0 bridgehead atoms. The Labute approximate surface area is 172 Å². The van der Waals surface area contributed by atoms with Crippen LogP contribution in [-0.2, 0) is 24.2 Å². The Morgan fingerprint density at radius 2 is 1.69 bits per heavy atom. The van der Waals surface area contributed by atoms with Gasteiger partial charge in [-0.15, -0.1) is 0 Å². The van der Waals surface area contributed by atoms with Crippen molar-refractivity contribution < 1.29 is 29.3 Å². The van der Waals surface area contributed by atoms with Gasteiger partial charge in [0.05, 0.1) is 12.7 Å². The molecule has 6 nitrogen and oxygen atoms in total. The Balaban J connectivity index is 3.20. The van der Waals surface area contributed by atoms with Gasteiger partial charge in [0, 0.05) is 5.57 Å². The number of allylic oxidation sites excluding steroid dienone is 6. The van der Waals surface area contributed by atoms with Crippen LogP contribution in [0.2, 0.25) is 0 Å². The maximum atomic E-state index is 12.7. The molecule has 0 aromatic heterocycles. The van der Waals surface area contributed by atoms with E-state index >= 15 is 0 Å². The molecule has 160 valence electrons. The molecule has 29 heavy (non-hydrogen) atoms. The summed E-state index contributed by atoms with van der Waals surface area (Å²) in [7, 11) is 1.16. The van der Waals surface area contributed by atoms with Crippen molar-refractivity contribution >= 4 is 17.5 Å². The van der Waals surface area contributed by atoms with Crippen LogP contribution in [0.1, 0.15) is 72.6 Å². The van der Waals surface area contributed by atoms with Crippen LogP contribution in [0.4, 0.5) is 0 Å². The van der Waals surface area contributed by atoms with Crippen LogP contribution in [0, 0.1) is 0 Å². The second-order valence-corrected chi connectivity index (χ2v) is 7.41. The summed E-state index contributed by atoms with van der Waals surface area (Å²) in [5, 5.41) is 10.7. The molecule has 0 heterocycles. The molecule has 0 saturated carbocycles. The average Bonchev–Trinajstić information content (AvgIpc) is 2.65. The first-order valence-corrected chi connectivity index (χ1v) is 10.0. The maximum Gasteiger partial charge on any atom is 0.377 e. The quantitative estimate of drug-likeness (QED) is 0.130. The molecule has 0 spiro atoms. The minimum atomic E-state index is -0.973. The van der Waals surface area contributed by atoms with Crippen LogP contribution in [-0.4, -0.2) is 29.8 Å². The largest absolute Gasteiger partial charge is 0.507 e. The van der Waals surface area contributed by atoms with Crippen LogP contribution in [0.15, 0.2) is 45.8 Å². The fourth-order valence-corrected chi connectivity index (χ4v) is 3.07. The summed E-state index contributed by atoms with van der Waals surface area (Å²) in [5.74, 6) is -2.99. The molecule has 0 unspecified atom stereocenters. The molecule has 0 saturated heterocycles. The van der Waals surface area contributed by atoms with Crippen molar-refractivity contribution in [3.63, 3.8) is 0 Å². The zero-order chi connectivity index (χ0) is 22.0. The van der Waals surface area contributed by atoms with E-state index in [-0.39, 0.29) is 29.6 Å². The van der Waals surface area contributed by atoms with E-state index in [9.17, 15) is 19.5 Å². The minimum Gasteiger partial charge on any atom is -0.507 e. The molecule has 0 aromatic carbocycles. The molecule has 0 aromatic rings. The predicted octanol–water partition coefficient (Wildman–Crippen LogP) is 5.01. The first-order chi connectivity index (χ1) is 13.7. The Bertz CT molecular complexity index is 760. The molecule has 0 fully saturated rings. The highest BCUT2D eigenvalue weighted by Crippen LogP contribution is 2.31. The third kappa shape index (κ3) is 7.13. The van der Waals surface area contributed by atoms with E-state index in [0.29, 0.717) is 6.42 Å². The number of ketones is 2. The van der Waals surface area contributed by atoms with Crippen LogP contribution in [0.25, 0.3) is 0 Å².